The molecular formula is C13H7FN2. The zero-order valence-electron chi connectivity index (χ0n) is 8.31. The van der Waals surface area contributed by atoms with Crippen molar-refractivity contribution in [3.63, 3.8) is 0 Å². The smallest absolute Gasteiger partial charge is 0.169 e. The van der Waals surface area contributed by atoms with Gasteiger partial charge in [0, 0.05) is 23.4 Å². The summed E-state index contributed by atoms with van der Waals surface area (Å²) in [5.74, 6) is 3.20. The Bertz CT molecular complexity index is 608. The Morgan fingerprint density at radius 2 is 1.88 bits per heavy atom. The van der Waals surface area contributed by atoms with Crippen molar-refractivity contribution in [2.24, 2.45) is 4.99 Å². The van der Waals surface area contributed by atoms with Gasteiger partial charge in [0.05, 0.1) is 0 Å². The van der Waals surface area contributed by atoms with Gasteiger partial charge in [-0.2, -0.15) is 4.99 Å². The summed E-state index contributed by atoms with van der Waals surface area (Å²) in [6, 6.07) is 8.32. The minimum Gasteiger partial charge on any atom is -0.235 e. The second-order valence-electron chi connectivity index (χ2n) is 3.53. The number of benzene rings is 1. The first-order chi connectivity index (χ1) is 7.83. The van der Waals surface area contributed by atoms with E-state index in [4.69, 9.17) is 0 Å². The van der Waals surface area contributed by atoms with Gasteiger partial charge in [0.1, 0.15) is 5.82 Å². The summed E-state index contributed by atoms with van der Waals surface area (Å²) >= 11 is 0. The Kier molecular flexibility index (Phi) is 1.92. The normalized spacial score (nSPS) is 11.8. The van der Waals surface area contributed by atoms with Crippen molar-refractivity contribution < 1.29 is 4.39 Å². The van der Waals surface area contributed by atoms with E-state index in [1.807, 2.05) is 6.07 Å². The number of pyridine rings is 1. The van der Waals surface area contributed by atoms with E-state index in [-0.39, 0.29) is 5.82 Å². The monoisotopic (exact) mass is 210 g/mol. The quantitative estimate of drug-likeness (QED) is 0.605. The molecule has 3 heteroatoms. The van der Waals surface area contributed by atoms with Crippen LogP contribution in [-0.2, 0) is 0 Å². The Hall–Kier alpha value is -2.25. The third-order valence-electron chi connectivity index (χ3n) is 2.46. The highest BCUT2D eigenvalue weighted by Gasteiger charge is 2.06. The van der Waals surface area contributed by atoms with Gasteiger partial charge >= 0.3 is 0 Å². The molecule has 0 bridgehead atoms. The maximum Gasteiger partial charge on any atom is 0.169 e. The van der Waals surface area contributed by atoms with Crippen molar-refractivity contribution in [3.05, 3.63) is 47.9 Å². The molecule has 0 saturated heterocycles. The summed E-state index contributed by atoms with van der Waals surface area (Å²) < 4.78 is 12.8. The predicted molar refractivity (Wildman–Crippen MR) is 61.2 cm³/mol. The molecule has 2 aromatic rings. The highest BCUT2D eigenvalue weighted by Crippen LogP contribution is 2.26. The molecule has 0 radical (unpaired) electrons. The van der Waals surface area contributed by atoms with Crippen LogP contribution in [0.2, 0.25) is 0 Å². The first-order valence-electron chi connectivity index (χ1n) is 4.88. The summed E-state index contributed by atoms with van der Waals surface area (Å²) in [6.07, 6.45) is 3.52. The minimum absolute atomic E-state index is 0.235. The van der Waals surface area contributed by atoms with Gasteiger partial charge in [0.2, 0.25) is 0 Å². The number of aliphatic imine (C=N–C) groups is 1. The van der Waals surface area contributed by atoms with E-state index < -0.39 is 0 Å². The van der Waals surface area contributed by atoms with Crippen LogP contribution in [0.3, 0.4) is 0 Å². The summed E-state index contributed by atoms with van der Waals surface area (Å²) in [4.78, 5) is 8.18. The fraction of sp³-hybridized carbons (Fsp3) is 0. The Morgan fingerprint density at radius 3 is 2.69 bits per heavy atom. The number of rotatable bonds is 1. The molecule has 0 unspecified atom stereocenters. The van der Waals surface area contributed by atoms with Gasteiger partial charge in [-0.3, -0.25) is 0 Å². The van der Waals surface area contributed by atoms with Gasteiger partial charge in [0.25, 0.3) is 0 Å². The van der Waals surface area contributed by atoms with E-state index >= 15 is 0 Å². The zero-order chi connectivity index (χ0) is 11.0. The molecule has 0 atom stereocenters. The lowest BCUT2D eigenvalue weighted by Crippen LogP contribution is -1.83. The molecule has 16 heavy (non-hydrogen) atoms. The molecule has 0 N–H and O–H groups in total. The molecule has 0 amide bonds. The molecule has 2 heterocycles. The first-order valence-corrected chi connectivity index (χ1v) is 4.88. The van der Waals surface area contributed by atoms with Crippen molar-refractivity contribution in [2.45, 2.75) is 0 Å². The average Bonchev–Trinajstić information content (AvgIpc) is 2.77. The SMILES string of the molecule is Fc1ccc(-c2cnc3c(c2)C=C=N3)cc1. The number of nitrogens with zero attached hydrogens (tertiary/aromatic N) is 2. The number of fused-ring (bicyclic) bond motifs is 1. The molecule has 1 aromatic carbocycles. The van der Waals surface area contributed by atoms with E-state index in [9.17, 15) is 4.39 Å². The number of hydrogen-bond donors (Lipinski definition) is 0. The average molecular weight is 210 g/mol. The van der Waals surface area contributed by atoms with E-state index in [1.54, 1.807) is 24.4 Å². The maximum absolute atomic E-state index is 12.8. The molecule has 76 valence electrons. The van der Waals surface area contributed by atoms with Crippen molar-refractivity contribution in [1.82, 2.24) is 4.98 Å². The molecular weight excluding hydrogens is 203 g/mol. The summed E-state index contributed by atoms with van der Waals surface area (Å²) in [5.41, 5.74) is 2.84. The first kappa shape index (κ1) is 9.01. The van der Waals surface area contributed by atoms with E-state index in [0.717, 1.165) is 16.7 Å². The van der Waals surface area contributed by atoms with E-state index in [1.165, 1.54) is 12.1 Å². The van der Waals surface area contributed by atoms with Crippen LogP contribution in [0, 0.1) is 5.82 Å². The van der Waals surface area contributed by atoms with E-state index in [0.29, 0.717) is 5.82 Å². The van der Waals surface area contributed by atoms with Crippen molar-refractivity contribution >= 4 is 17.8 Å². The Labute approximate surface area is 91.8 Å². The van der Waals surface area contributed by atoms with Crippen molar-refractivity contribution in [2.75, 3.05) is 0 Å². The van der Waals surface area contributed by atoms with Gasteiger partial charge in [-0.15, -0.1) is 0 Å². The summed E-state index contributed by atoms with van der Waals surface area (Å²) in [7, 11) is 0. The molecule has 2 nitrogen and oxygen atoms in total. The molecule has 1 aliphatic rings. The maximum atomic E-state index is 12.8. The van der Waals surface area contributed by atoms with E-state index in [2.05, 4.69) is 15.8 Å². The summed E-state index contributed by atoms with van der Waals surface area (Å²) in [6.45, 7) is 0. The molecule has 0 saturated carbocycles. The van der Waals surface area contributed by atoms with Gasteiger partial charge in [0.15, 0.2) is 5.82 Å². The van der Waals surface area contributed by atoms with Crippen LogP contribution in [0.15, 0.2) is 41.5 Å². The number of halogens is 1. The molecule has 1 aromatic heterocycles. The van der Waals surface area contributed by atoms with Gasteiger partial charge in [-0.25, -0.2) is 9.37 Å². The van der Waals surface area contributed by atoms with Gasteiger partial charge in [-0.05, 0) is 29.6 Å². The second-order valence-corrected chi connectivity index (χ2v) is 3.53. The lowest BCUT2D eigenvalue weighted by atomic mass is 10.1. The molecule has 3 rings (SSSR count). The lowest BCUT2D eigenvalue weighted by molar-refractivity contribution is 0.628. The molecule has 0 fully saturated rings. The van der Waals surface area contributed by atoms with Gasteiger partial charge in [-0.1, -0.05) is 12.1 Å². The third kappa shape index (κ3) is 1.44. The lowest BCUT2D eigenvalue weighted by Gasteiger charge is -2.02. The largest absolute Gasteiger partial charge is 0.235 e. The van der Waals surface area contributed by atoms with Crippen molar-refractivity contribution in [3.8, 4) is 11.1 Å². The van der Waals surface area contributed by atoms with Crippen LogP contribution >= 0.6 is 0 Å². The standard InChI is InChI=1S/C13H7FN2/c14-12-3-1-9(2-4-12)11-7-10-5-6-15-13(10)16-8-11/h1-5,7-8H. The highest BCUT2D eigenvalue weighted by atomic mass is 19.1. The Balaban J connectivity index is 2.08. The van der Waals surface area contributed by atoms with Crippen LogP contribution in [0.1, 0.15) is 5.56 Å². The topological polar surface area (TPSA) is 25.2 Å². The third-order valence-corrected chi connectivity index (χ3v) is 2.46. The van der Waals surface area contributed by atoms with Crippen LogP contribution < -0.4 is 0 Å². The van der Waals surface area contributed by atoms with Crippen LogP contribution in [0.25, 0.3) is 17.2 Å². The zero-order valence-corrected chi connectivity index (χ0v) is 8.31. The molecule has 0 aliphatic carbocycles. The van der Waals surface area contributed by atoms with Crippen LogP contribution in [0.4, 0.5) is 10.2 Å². The van der Waals surface area contributed by atoms with Crippen LogP contribution in [-0.4, -0.2) is 10.9 Å². The number of aromatic nitrogens is 1. The number of hydrogen-bond acceptors (Lipinski definition) is 2. The molecule has 1 aliphatic heterocycles. The van der Waals surface area contributed by atoms with Gasteiger partial charge < -0.3 is 0 Å². The Morgan fingerprint density at radius 1 is 1.06 bits per heavy atom. The second kappa shape index (κ2) is 3.40. The van der Waals surface area contributed by atoms with Crippen molar-refractivity contribution in [1.29, 1.82) is 0 Å². The van der Waals surface area contributed by atoms with Crippen LogP contribution in [0.5, 0.6) is 0 Å². The predicted octanol–water partition coefficient (Wildman–Crippen LogP) is 3.22. The highest BCUT2D eigenvalue weighted by molar-refractivity contribution is 5.89. The molecule has 0 spiro atoms. The summed E-state index contributed by atoms with van der Waals surface area (Å²) in [5, 5.41) is 0. The fourth-order valence-corrected chi connectivity index (χ4v) is 1.64. The minimum atomic E-state index is -0.235. The fourth-order valence-electron chi connectivity index (χ4n) is 1.64.